The first-order chi connectivity index (χ1) is 6.88. The Kier molecular flexibility index (Phi) is 3.34. The smallest absolute Gasteiger partial charge is 0.0874 e. The van der Waals surface area contributed by atoms with Gasteiger partial charge in [0.05, 0.1) is 30.6 Å². The van der Waals surface area contributed by atoms with E-state index in [2.05, 4.69) is 9.97 Å². The maximum absolute atomic E-state index is 6.03. The van der Waals surface area contributed by atoms with Crippen molar-refractivity contribution in [2.24, 2.45) is 5.73 Å². The van der Waals surface area contributed by atoms with Crippen LogP contribution in [0.5, 0.6) is 0 Å². The van der Waals surface area contributed by atoms with Gasteiger partial charge in [-0.25, -0.2) is 0 Å². The van der Waals surface area contributed by atoms with Crippen molar-refractivity contribution in [2.75, 3.05) is 18.1 Å². The van der Waals surface area contributed by atoms with Crippen LogP contribution in [-0.2, 0) is 4.74 Å². The summed E-state index contributed by atoms with van der Waals surface area (Å²) in [6, 6.07) is -0.156. The van der Waals surface area contributed by atoms with Crippen LogP contribution in [0.25, 0.3) is 0 Å². The Morgan fingerprint density at radius 3 is 3.14 bits per heavy atom. The number of rotatable bonds is 2. The predicted octanol–water partition coefficient (Wildman–Crippen LogP) is 0.608. The number of aromatic nitrogens is 2. The summed E-state index contributed by atoms with van der Waals surface area (Å²) >= 11 is 1.87. The summed E-state index contributed by atoms with van der Waals surface area (Å²) < 4.78 is 5.58. The van der Waals surface area contributed by atoms with Gasteiger partial charge in [-0.3, -0.25) is 9.97 Å². The molecule has 1 aliphatic heterocycles. The Bertz CT molecular complexity index is 277. The summed E-state index contributed by atoms with van der Waals surface area (Å²) in [7, 11) is 0. The number of nitrogens with zero attached hydrogens (tertiary/aromatic N) is 2. The average molecular weight is 211 g/mol. The van der Waals surface area contributed by atoms with Crippen LogP contribution < -0.4 is 5.73 Å². The zero-order valence-electron chi connectivity index (χ0n) is 7.80. The summed E-state index contributed by atoms with van der Waals surface area (Å²) in [6.07, 6.45) is 5.08. The van der Waals surface area contributed by atoms with Crippen molar-refractivity contribution in [1.82, 2.24) is 9.97 Å². The molecule has 2 N–H and O–H groups in total. The molecule has 0 radical (unpaired) electrons. The van der Waals surface area contributed by atoms with E-state index < -0.39 is 0 Å². The van der Waals surface area contributed by atoms with Gasteiger partial charge in [-0.05, 0) is 0 Å². The normalized spacial score (nSPS) is 24.5. The van der Waals surface area contributed by atoms with Crippen LogP contribution in [0, 0.1) is 0 Å². The fourth-order valence-electron chi connectivity index (χ4n) is 1.39. The maximum atomic E-state index is 6.03. The lowest BCUT2D eigenvalue weighted by molar-refractivity contribution is 0.0559. The molecule has 2 heterocycles. The van der Waals surface area contributed by atoms with E-state index in [0.717, 1.165) is 23.8 Å². The Labute approximate surface area is 87.3 Å². The molecule has 0 aromatic carbocycles. The molecule has 76 valence electrons. The topological polar surface area (TPSA) is 61.0 Å². The number of nitrogens with two attached hydrogens (primary N) is 1. The van der Waals surface area contributed by atoms with E-state index in [-0.39, 0.29) is 12.1 Å². The summed E-state index contributed by atoms with van der Waals surface area (Å²) in [5, 5.41) is 0. The first kappa shape index (κ1) is 9.89. The SMILES string of the molecule is NC(c1cnccn1)C1CSCCO1. The fraction of sp³-hybridized carbons (Fsp3) is 0.556. The molecule has 4 nitrogen and oxygen atoms in total. The Morgan fingerprint density at radius 2 is 2.50 bits per heavy atom. The Hall–Kier alpha value is -0.650. The van der Waals surface area contributed by atoms with Crippen LogP contribution in [0.4, 0.5) is 0 Å². The van der Waals surface area contributed by atoms with E-state index >= 15 is 0 Å². The largest absolute Gasteiger partial charge is 0.374 e. The molecule has 1 saturated heterocycles. The van der Waals surface area contributed by atoms with E-state index in [0.29, 0.717) is 0 Å². The second-order valence-electron chi connectivity index (χ2n) is 3.14. The minimum Gasteiger partial charge on any atom is -0.374 e. The van der Waals surface area contributed by atoms with E-state index in [4.69, 9.17) is 10.5 Å². The first-order valence-corrected chi connectivity index (χ1v) is 5.74. The van der Waals surface area contributed by atoms with E-state index in [1.54, 1.807) is 18.6 Å². The van der Waals surface area contributed by atoms with Gasteiger partial charge in [-0.15, -0.1) is 0 Å². The van der Waals surface area contributed by atoms with Gasteiger partial charge < -0.3 is 10.5 Å². The molecule has 2 atom stereocenters. The molecule has 2 unspecified atom stereocenters. The maximum Gasteiger partial charge on any atom is 0.0874 e. The third-order valence-corrected chi connectivity index (χ3v) is 3.19. The van der Waals surface area contributed by atoms with E-state index in [1.807, 2.05) is 11.8 Å². The molecule has 14 heavy (non-hydrogen) atoms. The fourth-order valence-corrected chi connectivity index (χ4v) is 2.30. The molecule has 1 aromatic heterocycles. The Morgan fingerprint density at radius 1 is 1.57 bits per heavy atom. The van der Waals surface area contributed by atoms with Gasteiger partial charge in [-0.2, -0.15) is 11.8 Å². The minimum atomic E-state index is -0.156. The summed E-state index contributed by atoms with van der Waals surface area (Å²) in [4.78, 5) is 8.17. The lowest BCUT2D eigenvalue weighted by atomic mass is 10.1. The van der Waals surface area contributed by atoms with Crippen molar-refractivity contribution >= 4 is 11.8 Å². The van der Waals surface area contributed by atoms with E-state index in [1.165, 1.54) is 0 Å². The van der Waals surface area contributed by atoms with Crippen LogP contribution in [-0.4, -0.2) is 34.2 Å². The molecule has 0 aliphatic carbocycles. The van der Waals surface area contributed by atoms with Crippen molar-refractivity contribution < 1.29 is 4.74 Å². The third-order valence-electron chi connectivity index (χ3n) is 2.17. The van der Waals surface area contributed by atoms with Gasteiger partial charge in [0.2, 0.25) is 0 Å². The second-order valence-corrected chi connectivity index (χ2v) is 4.29. The lowest BCUT2D eigenvalue weighted by Gasteiger charge is -2.26. The average Bonchev–Trinajstić information content (AvgIpc) is 2.30. The molecule has 2 rings (SSSR count). The van der Waals surface area contributed by atoms with Crippen LogP contribution in [0.3, 0.4) is 0 Å². The zero-order chi connectivity index (χ0) is 9.80. The van der Waals surface area contributed by atoms with Crippen LogP contribution in [0.15, 0.2) is 18.6 Å². The van der Waals surface area contributed by atoms with Crippen LogP contribution >= 0.6 is 11.8 Å². The first-order valence-electron chi connectivity index (χ1n) is 4.59. The number of ether oxygens (including phenoxy) is 1. The molecule has 0 saturated carbocycles. The molecule has 0 bridgehead atoms. The monoisotopic (exact) mass is 211 g/mol. The van der Waals surface area contributed by atoms with E-state index in [9.17, 15) is 0 Å². The van der Waals surface area contributed by atoms with Gasteiger partial charge in [0.15, 0.2) is 0 Å². The third kappa shape index (κ3) is 2.23. The molecular formula is C9H13N3OS. The molecule has 0 spiro atoms. The number of thioether (sulfide) groups is 1. The van der Waals surface area contributed by atoms with Crippen molar-refractivity contribution in [1.29, 1.82) is 0 Å². The zero-order valence-corrected chi connectivity index (χ0v) is 8.61. The van der Waals surface area contributed by atoms with Gasteiger partial charge in [0, 0.05) is 23.9 Å². The second kappa shape index (κ2) is 4.72. The standard InChI is InChI=1S/C9H13N3OS/c10-9(7-5-11-1-2-12-7)8-6-14-4-3-13-8/h1-2,5,8-9H,3-4,6,10H2. The quantitative estimate of drug-likeness (QED) is 0.776. The summed E-state index contributed by atoms with van der Waals surface area (Å²) in [6.45, 7) is 0.781. The van der Waals surface area contributed by atoms with Crippen molar-refractivity contribution in [3.05, 3.63) is 24.3 Å². The highest BCUT2D eigenvalue weighted by Crippen LogP contribution is 2.21. The number of hydrogen-bond acceptors (Lipinski definition) is 5. The van der Waals surface area contributed by atoms with Crippen molar-refractivity contribution in [3.8, 4) is 0 Å². The summed E-state index contributed by atoms with van der Waals surface area (Å²) in [5.74, 6) is 2.00. The van der Waals surface area contributed by atoms with Gasteiger partial charge in [0.25, 0.3) is 0 Å². The highest BCUT2D eigenvalue weighted by atomic mass is 32.2. The molecule has 0 amide bonds. The van der Waals surface area contributed by atoms with Crippen LogP contribution in [0.1, 0.15) is 11.7 Å². The van der Waals surface area contributed by atoms with Gasteiger partial charge in [0.1, 0.15) is 0 Å². The molecule has 1 fully saturated rings. The van der Waals surface area contributed by atoms with Gasteiger partial charge >= 0.3 is 0 Å². The molecule has 5 heteroatoms. The number of hydrogen-bond donors (Lipinski definition) is 1. The Balaban J connectivity index is 2.03. The highest BCUT2D eigenvalue weighted by Gasteiger charge is 2.23. The van der Waals surface area contributed by atoms with Crippen LogP contribution in [0.2, 0.25) is 0 Å². The van der Waals surface area contributed by atoms with Crippen molar-refractivity contribution in [2.45, 2.75) is 12.1 Å². The lowest BCUT2D eigenvalue weighted by Crippen LogP contribution is -2.35. The molecule has 1 aliphatic rings. The minimum absolute atomic E-state index is 0.0745. The molecular weight excluding hydrogens is 198 g/mol. The highest BCUT2D eigenvalue weighted by molar-refractivity contribution is 7.99. The summed E-state index contributed by atoms with van der Waals surface area (Å²) in [5.41, 5.74) is 6.83. The molecule has 1 aromatic rings. The van der Waals surface area contributed by atoms with Crippen molar-refractivity contribution in [3.63, 3.8) is 0 Å². The predicted molar refractivity (Wildman–Crippen MR) is 56.0 cm³/mol. The van der Waals surface area contributed by atoms with Gasteiger partial charge in [-0.1, -0.05) is 0 Å².